The SMILES string of the molecule is COc1ccc(C(=O)CSc2nnc([C@@H](C)Oc3ccccc3)n2C)cc1. The van der Waals surface area contributed by atoms with E-state index in [0.29, 0.717) is 16.5 Å². The van der Waals surface area contributed by atoms with Gasteiger partial charge < -0.3 is 14.0 Å². The lowest BCUT2D eigenvalue weighted by molar-refractivity contribution is 0.102. The molecule has 0 radical (unpaired) electrons. The fourth-order valence-corrected chi connectivity index (χ4v) is 3.36. The van der Waals surface area contributed by atoms with Crippen LogP contribution in [-0.2, 0) is 7.05 Å². The molecule has 1 atom stereocenters. The van der Waals surface area contributed by atoms with E-state index in [2.05, 4.69) is 10.2 Å². The monoisotopic (exact) mass is 383 g/mol. The third kappa shape index (κ3) is 4.68. The van der Waals surface area contributed by atoms with Gasteiger partial charge >= 0.3 is 0 Å². The van der Waals surface area contributed by atoms with E-state index in [1.807, 2.05) is 48.9 Å². The summed E-state index contributed by atoms with van der Waals surface area (Å²) in [5.74, 6) is 2.52. The van der Waals surface area contributed by atoms with Gasteiger partial charge in [-0.05, 0) is 43.3 Å². The topological polar surface area (TPSA) is 66.2 Å². The number of aromatic nitrogens is 3. The molecule has 0 bridgehead atoms. The molecule has 0 aliphatic carbocycles. The zero-order valence-electron chi connectivity index (χ0n) is 15.5. The van der Waals surface area contributed by atoms with Gasteiger partial charge in [-0.3, -0.25) is 4.79 Å². The number of carbonyl (C=O) groups is 1. The predicted molar refractivity (Wildman–Crippen MR) is 105 cm³/mol. The number of hydrogen-bond donors (Lipinski definition) is 0. The summed E-state index contributed by atoms with van der Waals surface area (Å²) in [5.41, 5.74) is 0.645. The van der Waals surface area contributed by atoms with E-state index < -0.39 is 0 Å². The van der Waals surface area contributed by atoms with Crippen LogP contribution in [0.3, 0.4) is 0 Å². The second-order valence-corrected chi connectivity index (χ2v) is 6.86. The van der Waals surface area contributed by atoms with Crippen molar-refractivity contribution in [3.05, 3.63) is 66.0 Å². The lowest BCUT2D eigenvalue weighted by atomic mass is 10.1. The molecule has 3 aromatic rings. The summed E-state index contributed by atoms with van der Waals surface area (Å²) in [6.45, 7) is 1.92. The number of ketones is 1. The zero-order chi connectivity index (χ0) is 19.2. The van der Waals surface area contributed by atoms with Gasteiger partial charge in [0.25, 0.3) is 0 Å². The average molecular weight is 383 g/mol. The molecule has 0 amide bonds. The number of thioether (sulfide) groups is 1. The van der Waals surface area contributed by atoms with Crippen LogP contribution in [0.1, 0.15) is 29.2 Å². The first kappa shape index (κ1) is 19.0. The molecular weight excluding hydrogens is 362 g/mol. The van der Waals surface area contributed by atoms with E-state index in [-0.39, 0.29) is 17.6 Å². The Bertz CT molecular complexity index is 895. The molecule has 1 heterocycles. The number of benzene rings is 2. The van der Waals surface area contributed by atoms with Crippen LogP contribution < -0.4 is 9.47 Å². The van der Waals surface area contributed by atoms with Crippen LogP contribution in [0.25, 0.3) is 0 Å². The minimum absolute atomic E-state index is 0.0285. The quantitative estimate of drug-likeness (QED) is 0.434. The maximum Gasteiger partial charge on any atom is 0.191 e. The standard InChI is InChI=1S/C20H21N3O3S/c1-14(26-17-7-5-4-6-8-17)19-21-22-20(23(19)2)27-13-18(24)15-9-11-16(25-3)12-10-15/h4-12,14H,13H2,1-3H3/t14-/m1/s1. The number of nitrogens with zero attached hydrogens (tertiary/aromatic N) is 3. The maximum absolute atomic E-state index is 12.4. The molecule has 0 saturated heterocycles. The lowest BCUT2D eigenvalue weighted by Gasteiger charge is -2.14. The molecular formula is C20H21N3O3S. The predicted octanol–water partition coefficient (Wildman–Crippen LogP) is 3.94. The Hall–Kier alpha value is -2.80. The molecule has 0 N–H and O–H groups in total. The third-order valence-corrected chi connectivity index (χ3v) is 5.05. The van der Waals surface area contributed by atoms with Crippen molar-refractivity contribution in [2.75, 3.05) is 12.9 Å². The molecule has 27 heavy (non-hydrogen) atoms. The minimum atomic E-state index is -0.253. The number of para-hydroxylation sites is 1. The Balaban J connectivity index is 1.62. The van der Waals surface area contributed by atoms with Gasteiger partial charge in [0.15, 0.2) is 22.9 Å². The number of Topliss-reactive ketones (excluding diaryl/α,β-unsaturated/α-hetero) is 1. The Kier molecular flexibility index (Phi) is 6.13. The maximum atomic E-state index is 12.4. The van der Waals surface area contributed by atoms with Crippen molar-refractivity contribution in [2.24, 2.45) is 7.05 Å². The fourth-order valence-electron chi connectivity index (χ4n) is 2.55. The molecule has 0 spiro atoms. The van der Waals surface area contributed by atoms with Crippen LogP contribution in [0.5, 0.6) is 11.5 Å². The van der Waals surface area contributed by atoms with E-state index in [1.165, 1.54) is 11.8 Å². The van der Waals surface area contributed by atoms with Crippen molar-refractivity contribution >= 4 is 17.5 Å². The van der Waals surface area contributed by atoms with E-state index in [0.717, 1.165) is 11.5 Å². The van der Waals surface area contributed by atoms with Crippen molar-refractivity contribution in [3.8, 4) is 11.5 Å². The molecule has 1 aromatic heterocycles. The molecule has 0 saturated carbocycles. The second kappa shape index (κ2) is 8.73. The smallest absolute Gasteiger partial charge is 0.191 e. The molecule has 0 aliphatic rings. The zero-order valence-corrected chi connectivity index (χ0v) is 16.3. The summed E-state index contributed by atoms with van der Waals surface area (Å²) in [5, 5.41) is 9.10. The molecule has 2 aromatic carbocycles. The van der Waals surface area contributed by atoms with Gasteiger partial charge in [0.1, 0.15) is 11.5 Å². The molecule has 0 fully saturated rings. The van der Waals surface area contributed by atoms with Gasteiger partial charge in [0, 0.05) is 12.6 Å². The van der Waals surface area contributed by atoms with Crippen molar-refractivity contribution in [3.63, 3.8) is 0 Å². The third-order valence-electron chi connectivity index (χ3n) is 4.03. The Morgan fingerprint density at radius 3 is 2.44 bits per heavy atom. The highest BCUT2D eigenvalue weighted by atomic mass is 32.2. The Morgan fingerprint density at radius 1 is 1.07 bits per heavy atom. The highest BCUT2D eigenvalue weighted by molar-refractivity contribution is 7.99. The second-order valence-electron chi connectivity index (χ2n) is 5.91. The molecule has 6 nitrogen and oxygen atoms in total. The first-order chi connectivity index (χ1) is 13.1. The van der Waals surface area contributed by atoms with Gasteiger partial charge in [0.05, 0.1) is 12.9 Å². The van der Waals surface area contributed by atoms with E-state index in [1.54, 1.807) is 31.4 Å². The van der Waals surface area contributed by atoms with Gasteiger partial charge in [-0.1, -0.05) is 30.0 Å². The summed E-state index contributed by atoms with van der Waals surface area (Å²) in [4.78, 5) is 12.4. The number of ether oxygens (including phenoxy) is 2. The van der Waals surface area contributed by atoms with Crippen LogP contribution in [-0.4, -0.2) is 33.4 Å². The largest absolute Gasteiger partial charge is 0.497 e. The highest BCUT2D eigenvalue weighted by Crippen LogP contribution is 2.24. The van der Waals surface area contributed by atoms with Gasteiger partial charge in [-0.2, -0.15) is 0 Å². The normalized spacial score (nSPS) is 11.8. The summed E-state index contributed by atoms with van der Waals surface area (Å²) in [7, 11) is 3.47. The van der Waals surface area contributed by atoms with Crippen LogP contribution in [0.2, 0.25) is 0 Å². The van der Waals surface area contributed by atoms with Gasteiger partial charge in [-0.25, -0.2) is 0 Å². The number of methoxy groups -OCH3 is 1. The van der Waals surface area contributed by atoms with Gasteiger partial charge in [0.2, 0.25) is 0 Å². The summed E-state index contributed by atoms with van der Waals surface area (Å²) in [6, 6.07) is 16.7. The first-order valence-corrected chi connectivity index (χ1v) is 9.48. The molecule has 0 aliphatic heterocycles. The molecule has 140 valence electrons. The molecule has 0 unspecified atom stereocenters. The van der Waals surface area contributed by atoms with Crippen LogP contribution >= 0.6 is 11.8 Å². The Morgan fingerprint density at radius 2 is 1.78 bits per heavy atom. The molecule has 7 heteroatoms. The molecule has 3 rings (SSSR count). The summed E-state index contributed by atoms with van der Waals surface area (Å²) >= 11 is 1.36. The van der Waals surface area contributed by atoms with E-state index in [9.17, 15) is 4.79 Å². The summed E-state index contributed by atoms with van der Waals surface area (Å²) < 4.78 is 12.9. The Labute approximate surface area is 162 Å². The van der Waals surface area contributed by atoms with Crippen LogP contribution in [0, 0.1) is 0 Å². The average Bonchev–Trinajstić information content (AvgIpc) is 3.07. The summed E-state index contributed by atoms with van der Waals surface area (Å²) in [6.07, 6.45) is -0.253. The lowest BCUT2D eigenvalue weighted by Crippen LogP contribution is -2.10. The van der Waals surface area contributed by atoms with Crippen molar-refractivity contribution in [1.29, 1.82) is 0 Å². The van der Waals surface area contributed by atoms with Crippen molar-refractivity contribution in [2.45, 2.75) is 18.2 Å². The first-order valence-electron chi connectivity index (χ1n) is 8.49. The minimum Gasteiger partial charge on any atom is -0.497 e. The van der Waals surface area contributed by atoms with Crippen LogP contribution in [0.4, 0.5) is 0 Å². The number of hydrogen-bond acceptors (Lipinski definition) is 6. The number of rotatable bonds is 8. The number of carbonyl (C=O) groups excluding carboxylic acids is 1. The highest BCUT2D eigenvalue weighted by Gasteiger charge is 2.18. The van der Waals surface area contributed by atoms with Gasteiger partial charge in [-0.15, -0.1) is 10.2 Å². The van der Waals surface area contributed by atoms with Crippen molar-refractivity contribution < 1.29 is 14.3 Å². The van der Waals surface area contributed by atoms with E-state index >= 15 is 0 Å². The fraction of sp³-hybridized carbons (Fsp3) is 0.250. The van der Waals surface area contributed by atoms with Crippen molar-refractivity contribution in [1.82, 2.24) is 14.8 Å². The van der Waals surface area contributed by atoms with Crippen LogP contribution in [0.15, 0.2) is 59.8 Å². The van der Waals surface area contributed by atoms with E-state index in [4.69, 9.17) is 9.47 Å².